The summed E-state index contributed by atoms with van der Waals surface area (Å²) >= 11 is 1.59. The smallest absolute Gasteiger partial charge is 0.248 e. The molecule has 0 aliphatic carbocycles. The molecule has 0 bridgehead atoms. The standard InChI is InChI=1S/C20H22N4O2S/c1-3-5-16-18(13-6-8-15(9-7-13)26-4-2)24-20(27-16)23-17-12-14(19(21)25)10-11-22-17/h6-12H,3-5H2,1-2H3,(H2,21,25)(H,22,23,24). The molecule has 7 heteroatoms. The minimum atomic E-state index is -0.485. The van der Waals surface area contributed by atoms with Crippen molar-refractivity contribution in [3.05, 3.63) is 53.0 Å². The van der Waals surface area contributed by atoms with Gasteiger partial charge in [0.25, 0.3) is 0 Å². The maximum absolute atomic E-state index is 11.4. The quantitative estimate of drug-likeness (QED) is 0.603. The first-order valence-electron chi connectivity index (χ1n) is 8.86. The summed E-state index contributed by atoms with van der Waals surface area (Å²) in [5.74, 6) is 0.905. The number of aromatic nitrogens is 2. The lowest BCUT2D eigenvalue weighted by molar-refractivity contribution is 0.1000. The van der Waals surface area contributed by atoms with Gasteiger partial charge in [-0.25, -0.2) is 9.97 Å². The fourth-order valence-corrected chi connectivity index (χ4v) is 3.76. The monoisotopic (exact) mass is 382 g/mol. The number of nitrogens with zero attached hydrogens (tertiary/aromatic N) is 2. The number of hydrogen-bond acceptors (Lipinski definition) is 6. The largest absolute Gasteiger partial charge is 0.494 e. The number of primary amides is 1. The van der Waals surface area contributed by atoms with Crippen molar-refractivity contribution in [3.8, 4) is 17.0 Å². The lowest BCUT2D eigenvalue weighted by Crippen LogP contribution is -2.11. The number of amides is 1. The number of carbonyl (C=O) groups excluding carboxylic acids is 1. The molecule has 0 saturated carbocycles. The molecule has 0 fully saturated rings. The highest BCUT2D eigenvalue weighted by atomic mass is 32.1. The number of ether oxygens (including phenoxy) is 1. The molecule has 0 aliphatic heterocycles. The Bertz CT molecular complexity index is 922. The molecule has 2 heterocycles. The van der Waals surface area contributed by atoms with Gasteiger partial charge in [0.2, 0.25) is 5.91 Å². The second-order valence-corrected chi connectivity index (χ2v) is 7.00. The molecule has 0 unspecified atom stereocenters. The molecule has 140 valence electrons. The van der Waals surface area contributed by atoms with E-state index in [1.165, 1.54) is 4.88 Å². The molecule has 0 aliphatic rings. The Labute approximate surface area is 162 Å². The fraction of sp³-hybridized carbons (Fsp3) is 0.250. The molecule has 3 N–H and O–H groups in total. The van der Waals surface area contributed by atoms with Crippen LogP contribution in [-0.2, 0) is 6.42 Å². The molecule has 27 heavy (non-hydrogen) atoms. The van der Waals surface area contributed by atoms with Gasteiger partial charge in [0.05, 0.1) is 12.3 Å². The second kappa shape index (κ2) is 8.64. The van der Waals surface area contributed by atoms with Crippen molar-refractivity contribution in [1.82, 2.24) is 9.97 Å². The van der Waals surface area contributed by atoms with E-state index in [1.807, 2.05) is 31.2 Å². The average molecular weight is 382 g/mol. The number of nitrogens with two attached hydrogens (primary N) is 1. The molecule has 1 amide bonds. The van der Waals surface area contributed by atoms with E-state index in [-0.39, 0.29) is 0 Å². The Morgan fingerprint density at radius 3 is 2.67 bits per heavy atom. The summed E-state index contributed by atoms with van der Waals surface area (Å²) in [7, 11) is 0. The number of thiazole rings is 1. The lowest BCUT2D eigenvalue weighted by atomic mass is 10.1. The van der Waals surface area contributed by atoms with E-state index in [0.29, 0.717) is 18.0 Å². The number of anilines is 2. The van der Waals surface area contributed by atoms with E-state index in [4.69, 9.17) is 15.5 Å². The zero-order valence-corrected chi connectivity index (χ0v) is 16.2. The minimum absolute atomic E-state index is 0.407. The number of carbonyl (C=O) groups is 1. The number of benzene rings is 1. The van der Waals surface area contributed by atoms with Crippen molar-refractivity contribution in [2.24, 2.45) is 5.73 Å². The first-order chi connectivity index (χ1) is 13.1. The zero-order valence-electron chi connectivity index (χ0n) is 15.4. The normalized spacial score (nSPS) is 10.6. The Hall–Kier alpha value is -2.93. The summed E-state index contributed by atoms with van der Waals surface area (Å²) in [4.78, 5) is 21.5. The van der Waals surface area contributed by atoms with E-state index >= 15 is 0 Å². The number of nitrogens with one attached hydrogen (secondary N) is 1. The summed E-state index contributed by atoms with van der Waals surface area (Å²) in [6.07, 6.45) is 3.52. The Kier molecular flexibility index (Phi) is 6.03. The first kappa shape index (κ1) is 18.8. The third-order valence-corrected chi connectivity index (χ3v) is 4.92. The van der Waals surface area contributed by atoms with Crippen LogP contribution in [0.1, 0.15) is 35.5 Å². The van der Waals surface area contributed by atoms with Crippen molar-refractivity contribution < 1.29 is 9.53 Å². The van der Waals surface area contributed by atoms with Crippen molar-refractivity contribution >= 4 is 28.2 Å². The molecule has 2 aromatic heterocycles. The highest BCUT2D eigenvalue weighted by molar-refractivity contribution is 7.16. The third kappa shape index (κ3) is 4.62. The predicted octanol–water partition coefficient (Wildman–Crippen LogP) is 4.40. The molecule has 1 aromatic carbocycles. The Balaban J connectivity index is 1.88. The molecular formula is C20H22N4O2S. The maximum atomic E-state index is 11.4. The summed E-state index contributed by atoms with van der Waals surface area (Å²) < 4.78 is 5.51. The zero-order chi connectivity index (χ0) is 19.2. The molecule has 3 aromatic rings. The molecule has 0 radical (unpaired) electrons. The second-order valence-electron chi connectivity index (χ2n) is 5.92. The predicted molar refractivity (Wildman–Crippen MR) is 109 cm³/mol. The van der Waals surface area contributed by atoms with Gasteiger partial charge in [-0.2, -0.15) is 0 Å². The highest BCUT2D eigenvalue weighted by Crippen LogP contribution is 2.34. The van der Waals surface area contributed by atoms with E-state index in [0.717, 1.165) is 35.0 Å². The van der Waals surface area contributed by atoms with Crippen LogP contribution in [0, 0.1) is 0 Å². The summed E-state index contributed by atoms with van der Waals surface area (Å²) in [6.45, 7) is 4.75. The van der Waals surface area contributed by atoms with E-state index in [9.17, 15) is 4.79 Å². The van der Waals surface area contributed by atoms with Crippen LogP contribution in [0.3, 0.4) is 0 Å². The van der Waals surface area contributed by atoms with Gasteiger partial charge in [0.15, 0.2) is 5.13 Å². The third-order valence-electron chi connectivity index (χ3n) is 3.89. The molecule has 0 atom stereocenters. The Morgan fingerprint density at radius 1 is 1.22 bits per heavy atom. The van der Waals surface area contributed by atoms with Crippen LogP contribution >= 0.6 is 11.3 Å². The van der Waals surface area contributed by atoms with Gasteiger partial charge in [0.1, 0.15) is 11.6 Å². The number of aryl methyl sites for hydroxylation is 1. The Morgan fingerprint density at radius 2 is 2.00 bits per heavy atom. The van der Waals surface area contributed by atoms with Crippen LogP contribution < -0.4 is 15.8 Å². The van der Waals surface area contributed by atoms with Crippen LogP contribution in [0.4, 0.5) is 10.9 Å². The van der Waals surface area contributed by atoms with Gasteiger partial charge in [0, 0.05) is 22.2 Å². The molecule has 6 nitrogen and oxygen atoms in total. The van der Waals surface area contributed by atoms with Gasteiger partial charge in [-0.3, -0.25) is 4.79 Å². The number of hydrogen-bond donors (Lipinski definition) is 2. The topological polar surface area (TPSA) is 90.1 Å². The van der Waals surface area contributed by atoms with Crippen LogP contribution in [-0.4, -0.2) is 22.5 Å². The molecule has 3 rings (SSSR count). The summed E-state index contributed by atoms with van der Waals surface area (Å²) in [5.41, 5.74) is 7.75. The SMILES string of the molecule is CCCc1sc(Nc2cc(C(N)=O)ccn2)nc1-c1ccc(OCC)cc1. The van der Waals surface area contributed by atoms with Crippen molar-refractivity contribution in [3.63, 3.8) is 0 Å². The van der Waals surface area contributed by atoms with Gasteiger partial charge in [-0.1, -0.05) is 13.3 Å². The van der Waals surface area contributed by atoms with E-state index < -0.39 is 5.91 Å². The van der Waals surface area contributed by atoms with Crippen LogP contribution in [0.5, 0.6) is 5.75 Å². The van der Waals surface area contributed by atoms with E-state index in [1.54, 1.807) is 29.7 Å². The molecular weight excluding hydrogens is 360 g/mol. The van der Waals surface area contributed by atoms with Crippen molar-refractivity contribution in [2.45, 2.75) is 26.7 Å². The molecule has 0 spiro atoms. The first-order valence-corrected chi connectivity index (χ1v) is 9.68. The summed E-state index contributed by atoms with van der Waals surface area (Å²) in [5, 5.41) is 3.92. The van der Waals surface area contributed by atoms with Crippen LogP contribution in [0.2, 0.25) is 0 Å². The summed E-state index contributed by atoms with van der Waals surface area (Å²) in [6, 6.07) is 11.2. The maximum Gasteiger partial charge on any atom is 0.248 e. The lowest BCUT2D eigenvalue weighted by Gasteiger charge is -2.05. The number of rotatable bonds is 8. The molecule has 0 saturated heterocycles. The minimum Gasteiger partial charge on any atom is -0.494 e. The van der Waals surface area contributed by atoms with Crippen molar-refractivity contribution in [1.29, 1.82) is 0 Å². The van der Waals surface area contributed by atoms with Crippen LogP contribution in [0.15, 0.2) is 42.6 Å². The fourth-order valence-electron chi connectivity index (χ4n) is 2.66. The van der Waals surface area contributed by atoms with Crippen molar-refractivity contribution in [2.75, 3.05) is 11.9 Å². The highest BCUT2D eigenvalue weighted by Gasteiger charge is 2.14. The van der Waals surface area contributed by atoms with Crippen LogP contribution in [0.25, 0.3) is 11.3 Å². The van der Waals surface area contributed by atoms with Gasteiger partial charge in [-0.15, -0.1) is 11.3 Å². The van der Waals surface area contributed by atoms with Gasteiger partial charge >= 0.3 is 0 Å². The van der Waals surface area contributed by atoms with Gasteiger partial charge < -0.3 is 15.8 Å². The van der Waals surface area contributed by atoms with Gasteiger partial charge in [-0.05, 0) is 49.7 Å². The van der Waals surface area contributed by atoms with E-state index in [2.05, 4.69) is 17.2 Å². The average Bonchev–Trinajstić information content (AvgIpc) is 3.05. The number of pyridine rings is 1.